The minimum Gasteiger partial charge on any atom is -0.632 e. The van der Waals surface area contributed by atoms with E-state index >= 15 is 0 Å². The lowest BCUT2D eigenvalue weighted by molar-refractivity contribution is -0.953. The molecule has 1 N–H and O–H groups in total. The highest BCUT2D eigenvalue weighted by Gasteiger charge is 2.66. The molecule has 3 saturated carbocycles. The Balaban J connectivity index is 1.40. The van der Waals surface area contributed by atoms with Crippen LogP contribution in [0, 0.1) is 49.8 Å². The topological polar surface area (TPSA) is 89.1 Å². The van der Waals surface area contributed by atoms with Crippen molar-refractivity contribution in [3.05, 3.63) is 27.0 Å². The zero-order valence-corrected chi connectivity index (χ0v) is 20.3. The number of ether oxygens (including phenoxy) is 1. The van der Waals surface area contributed by atoms with Crippen molar-refractivity contribution in [2.24, 2.45) is 34.5 Å². The second kappa shape index (κ2) is 7.16. The predicted molar refractivity (Wildman–Crippen MR) is 120 cm³/mol. The van der Waals surface area contributed by atoms with Gasteiger partial charge in [-0.15, -0.1) is 10.1 Å². The van der Waals surface area contributed by atoms with Crippen LogP contribution in [-0.4, -0.2) is 29.1 Å². The second-order valence-electron chi connectivity index (χ2n) is 12.7. The summed E-state index contributed by atoms with van der Waals surface area (Å²) in [6, 6.07) is 0. The smallest absolute Gasteiger partial charge is 0.294 e. The summed E-state index contributed by atoms with van der Waals surface area (Å²) < 4.78 is 6.32. The first kappa shape index (κ1) is 22.6. The van der Waals surface area contributed by atoms with Gasteiger partial charge in [-0.1, -0.05) is 25.5 Å². The summed E-state index contributed by atoms with van der Waals surface area (Å²) in [5, 5.41) is 23.9. The Labute approximate surface area is 191 Å². The Kier molecular flexibility index (Phi) is 5.06. The van der Waals surface area contributed by atoms with Gasteiger partial charge in [0.15, 0.2) is 0 Å². The number of hydroxylamine groups is 2. The van der Waals surface area contributed by atoms with E-state index in [9.17, 15) is 15.3 Å². The zero-order chi connectivity index (χ0) is 23.1. The van der Waals surface area contributed by atoms with E-state index in [4.69, 9.17) is 9.57 Å². The maximum Gasteiger partial charge on any atom is 0.294 e. The number of rotatable bonds is 3. The Hall–Kier alpha value is -1.18. The van der Waals surface area contributed by atoms with Gasteiger partial charge in [-0.25, -0.2) is 0 Å². The molecular formula is C25H40N2O5. The van der Waals surface area contributed by atoms with Gasteiger partial charge in [-0.2, -0.15) is 0 Å². The monoisotopic (exact) mass is 448 g/mol. The molecule has 0 radical (unpaired) electrons. The van der Waals surface area contributed by atoms with Gasteiger partial charge in [0.25, 0.3) is 5.09 Å². The standard InChI is InChI=1S/C25H40N2O5/c1-22(2)15-31-25(5,26(22)28)21-9-8-19-18-7-6-16-14-17(32-27(29)30)10-12-23(16,3)20(18)11-13-24(19,21)4/h6,17-21,26H,7-15H2,1-5H3/t17-,18?,19?,20?,21+,23+,24+,25?/m1/s1. The normalized spacial score (nSPS) is 51.9. The Morgan fingerprint density at radius 1 is 1.09 bits per heavy atom. The van der Waals surface area contributed by atoms with Gasteiger partial charge < -0.3 is 19.8 Å². The molecule has 5 unspecified atom stereocenters. The van der Waals surface area contributed by atoms with Crippen molar-refractivity contribution in [1.29, 1.82) is 0 Å². The maximum absolute atomic E-state index is 13.4. The molecule has 5 rings (SSSR count). The SMILES string of the molecule is CC1(C)COC(C)([C@H]2CCC3C4CC=C5C[C@H](O[N+](=O)[O-])CC[C@]5(C)C4CC[C@@]32C)[NH+]1[O-]. The molecule has 0 spiro atoms. The molecule has 0 aromatic carbocycles. The van der Waals surface area contributed by atoms with Crippen LogP contribution < -0.4 is 5.06 Å². The molecule has 5 aliphatic rings. The van der Waals surface area contributed by atoms with Crippen LogP contribution in [0.15, 0.2) is 11.6 Å². The van der Waals surface area contributed by atoms with Crippen LogP contribution in [0.5, 0.6) is 0 Å². The summed E-state index contributed by atoms with van der Waals surface area (Å²) >= 11 is 0. The van der Waals surface area contributed by atoms with Gasteiger partial charge in [0.2, 0.25) is 5.72 Å². The highest BCUT2D eigenvalue weighted by molar-refractivity contribution is 5.25. The lowest BCUT2D eigenvalue weighted by Gasteiger charge is -2.59. The molecule has 9 atom stereocenters. The number of nitrogens with zero attached hydrogens (tertiary/aromatic N) is 1. The average Bonchev–Trinajstić information content (AvgIpc) is 3.18. The minimum absolute atomic E-state index is 0.129. The van der Waals surface area contributed by atoms with Gasteiger partial charge in [-0.05, 0) is 93.8 Å². The van der Waals surface area contributed by atoms with Crippen LogP contribution in [-0.2, 0) is 9.57 Å². The molecule has 7 nitrogen and oxygen atoms in total. The van der Waals surface area contributed by atoms with Crippen molar-refractivity contribution in [2.45, 2.75) is 103 Å². The van der Waals surface area contributed by atoms with E-state index in [1.54, 1.807) is 0 Å². The number of allylic oxidation sites excluding steroid dienone is 1. The molecule has 32 heavy (non-hydrogen) atoms. The van der Waals surface area contributed by atoms with Crippen molar-refractivity contribution in [3.63, 3.8) is 0 Å². The molecule has 4 fully saturated rings. The highest BCUT2D eigenvalue weighted by atomic mass is 17.0. The summed E-state index contributed by atoms with van der Waals surface area (Å²) in [5.74, 6) is 2.16. The van der Waals surface area contributed by atoms with Gasteiger partial charge in [0, 0.05) is 12.8 Å². The summed E-state index contributed by atoms with van der Waals surface area (Å²) in [7, 11) is 0. The fourth-order valence-electron chi connectivity index (χ4n) is 9.14. The summed E-state index contributed by atoms with van der Waals surface area (Å²) in [6.07, 6.45) is 10.2. The van der Waals surface area contributed by atoms with Gasteiger partial charge in [0.1, 0.15) is 18.2 Å². The van der Waals surface area contributed by atoms with Crippen LogP contribution in [0.3, 0.4) is 0 Å². The van der Waals surface area contributed by atoms with E-state index in [1.807, 2.05) is 13.8 Å². The van der Waals surface area contributed by atoms with E-state index in [2.05, 4.69) is 26.8 Å². The number of quaternary nitrogens is 1. The highest BCUT2D eigenvalue weighted by Crippen LogP contribution is 2.67. The largest absolute Gasteiger partial charge is 0.632 e. The van der Waals surface area contributed by atoms with Crippen LogP contribution in [0.4, 0.5) is 0 Å². The quantitative estimate of drug-likeness (QED) is 0.304. The maximum atomic E-state index is 13.4. The third kappa shape index (κ3) is 3.03. The molecule has 0 aromatic rings. The molecule has 0 amide bonds. The summed E-state index contributed by atoms with van der Waals surface area (Å²) in [5.41, 5.74) is 0.611. The number of fused-ring (bicyclic) bond motifs is 5. The van der Waals surface area contributed by atoms with E-state index in [1.165, 1.54) is 18.4 Å². The Morgan fingerprint density at radius 2 is 1.84 bits per heavy atom. The van der Waals surface area contributed by atoms with Crippen molar-refractivity contribution in [3.8, 4) is 0 Å². The number of hydrogen-bond acceptors (Lipinski definition) is 5. The van der Waals surface area contributed by atoms with E-state index in [0.717, 1.165) is 32.1 Å². The first-order chi connectivity index (χ1) is 14.9. The van der Waals surface area contributed by atoms with Crippen LogP contribution >= 0.6 is 0 Å². The lowest BCUT2D eigenvalue weighted by atomic mass is 9.47. The van der Waals surface area contributed by atoms with Crippen molar-refractivity contribution in [2.75, 3.05) is 6.61 Å². The molecular weight excluding hydrogens is 408 g/mol. The first-order valence-corrected chi connectivity index (χ1v) is 12.6. The van der Waals surface area contributed by atoms with Crippen molar-refractivity contribution < 1.29 is 19.7 Å². The summed E-state index contributed by atoms with van der Waals surface area (Å²) in [6.45, 7) is 11.5. The Morgan fingerprint density at radius 3 is 2.50 bits per heavy atom. The molecule has 0 bridgehead atoms. The molecule has 180 valence electrons. The number of hydrogen-bond donors (Lipinski definition) is 1. The molecule has 0 aromatic heterocycles. The molecule has 7 heteroatoms. The van der Waals surface area contributed by atoms with Crippen LogP contribution in [0.25, 0.3) is 0 Å². The molecule has 1 aliphatic heterocycles. The second-order valence-corrected chi connectivity index (χ2v) is 12.7. The summed E-state index contributed by atoms with van der Waals surface area (Å²) in [4.78, 5) is 15.8. The van der Waals surface area contributed by atoms with E-state index < -0.39 is 10.8 Å². The van der Waals surface area contributed by atoms with E-state index in [0.29, 0.717) is 35.8 Å². The third-order valence-electron chi connectivity index (χ3n) is 10.8. The van der Waals surface area contributed by atoms with E-state index in [-0.39, 0.29) is 28.4 Å². The fraction of sp³-hybridized carbons (Fsp3) is 0.920. The van der Waals surface area contributed by atoms with Crippen LogP contribution in [0.2, 0.25) is 0 Å². The van der Waals surface area contributed by atoms with Gasteiger partial charge >= 0.3 is 0 Å². The minimum atomic E-state index is -0.655. The Bertz CT molecular complexity index is 829. The first-order valence-electron chi connectivity index (χ1n) is 12.6. The fourth-order valence-corrected chi connectivity index (χ4v) is 9.14. The molecule has 1 saturated heterocycles. The van der Waals surface area contributed by atoms with Gasteiger partial charge in [-0.3, -0.25) is 0 Å². The van der Waals surface area contributed by atoms with Gasteiger partial charge in [0.05, 0.1) is 0 Å². The predicted octanol–water partition coefficient (Wildman–Crippen LogP) is 4.05. The van der Waals surface area contributed by atoms with Crippen LogP contribution in [0.1, 0.15) is 86.0 Å². The molecule has 4 aliphatic carbocycles. The lowest BCUT2D eigenvalue weighted by Crippen LogP contribution is -3.21. The average molecular weight is 449 g/mol. The molecule has 1 heterocycles. The third-order valence-corrected chi connectivity index (χ3v) is 10.8. The zero-order valence-electron chi connectivity index (χ0n) is 20.3. The van der Waals surface area contributed by atoms with Crippen molar-refractivity contribution in [1.82, 2.24) is 0 Å². The number of nitrogens with one attached hydrogen (secondary N) is 1. The van der Waals surface area contributed by atoms with Crippen molar-refractivity contribution >= 4 is 0 Å².